The highest BCUT2D eigenvalue weighted by molar-refractivity contribution is 5.89. The van der Waals surface area contributed by atoms with Gasteiger partial charge in [-0.25, -0.2) is 0 Å². The Labute approximate surface area is 97.4 Å². The van der Waals surface area contributed by atoms with Crippen LogP contribution in [0.4, 0.5) is 0 Å². The molecule has 0 aliphatic rings. The van der Waals surface area contributed by atoms with E-state index in [0.29, 0.717) is 0 Å². The van der Waals surface area contributed by atoms with E-state index in [1.807, 2.05) is 20.8 Å². The predicted molar refractivity (Wildman–Crippen MR) is 63.7 cm³/mol. The van der Waals surface area contributed by atoms with Gasteiger partial charge in [-0.15, -0.1) is 0 Å². The molecule has 0 aliphatic carbocycles. The van der Waals surface area contributed by atoms with Gasteiger partial charge in [0.15, 0.2) is 0 Å². The average Bonchev–Trinajstić information content (AvgIpc) is 2.13. The maximum atomic E-state index is 11.7. The van der Waals surface area contributed by atoms with Crippen molar-refractivity contribution in [2.24, 2.45) is 11.1 Å². The molecule has 0 aromatic rings. The van der Waals surface area contributed by atoms with Gasteiger partial charge in [0.05, 0.1) is 6.04 Å². The van der Waals surface area contributed by atoms with Crippen molar-refractivity contribution in [3.05, 3.63) is 0 Å². The van der Waals surface area contributed by atoms with Gasteiger partial charge in [-0.1, -0.05) is 20.8 Å². The number of nitrogens with zero attached hydrogens (tertiary/aromatic N) is 1. The molecule has 0 radical (unpaired) electrons. The Kier molecular flexibility index (Phi) is 4.93. The van der Waals surface area contributed by atoms with Crippen molar-refractivity contribution in [1.82, 2.24) is 10.2 Å². The summed E-state index contributed by atoms with van der Waals surface area (Å²) in [5.74, 6) is -0.440. The molecule has 16 heavy (non-hydrogen) atoms. The number of nitrogens with one attached hydrogen (secondary N) is 1. The zero-order valence-corrected chi connectivity index (χ0v) is 11.0. The van der Waals surface area contributed by atoms with Gasteiger partial charge in [0.1, 0.15) is 6.04 Å². The summed E-state index contributed by atoms with van der Waals surface area (Å²) in [6.07, 6.45) is 0. The third-order valence-corrected chi connectivity index (χ3v) is 2.39. The minimum atomic E-state index is -0.620. The number of nitrogens with two attached hydrogens (primary N) is 1. The molecular weight excluding hydrogens is 206 g/mol. The molecule has 2 unspecified atom stereocenters. The first-order valence-electron chi connectivity index (χ1n) is 5.34. The van der Waals surface area contributed by atoms with Gasteiger partial charge in [-0.2, -0.15) is 0 Å². The summed E-state index contributed by atoms with van der Waals surface area (Å²) in [5, 5.41) is 2.61. The van der Waals surface area contributed by atoms with Crippen LogP contribution in [-0.2, 0) is 9.59 Å². The molecule has 0 aromatic carbocycles. The van der Waals surface area contributed by atoms with Crippen molar-refractivity contribution in [2.75, 3.05) is 14.1 Å². The summed E-state index contributed by atoms with van der Waals surface area (Å²) in [5.41, 5.74) is 5.47. The molecule has 0 spiro atoms. The fourth-order valence-corrected chi connectivity index (χ4v) is 1.15. The molecule has 0 heterocycles. The van der Waals surface area contributed by atoms with Crippen LogP contribution < -0.4 is 11.1 Å². The summed E-state index contributed by atoms with van der Waals surface area (Å²) in [6.45, 7) is 7.30. The first-order chi connectivity index (χ1) is 7.07. The minimum absolute atomic E-state index is 0.144. The van der Waals surface area contributed by atoms with E-state index in [0.717, 1.165) is 0 Å². The van der Waals surface area contributed by atoms with Crippen LogP contribution in [0.1, 0.15) is 27.7 Å². The fourth-order valence-electron chi connectivity index (χ4n) is 1.15. The SMILES string of the molecule is CC(NC(=O)C(N)C(C)(C)C)C(=O)N(C)C. The summed E-state index contributed by atoms with van der Waals surface area (Å²) < 4.78 is 0. The maximum absolute atomic E-state index is 11.7. The molecule has 0 saturated heterocycles. The molecule has 0 aromatic heterocycles. The molecule has 3 N–H and O–H groups in total. The van der Waals surface area contributed by atoms with Crippen LogP contribution >= 0.6 is 0 Å². The second-order valence-corrected chi connectivity index (χ2v) is 5.31. The van der Waals surface area contributed by atoms with Crippen LogP contribution in [-0.4, -0.2) is 42.9 Å². The summed E-state index contributed by atoms with van der Waals surface area (Å²) in [7, 11) is 3.29. The van der Waals surface area contributed by atoms with E-state index >= 15 is 0 Å². The van der Waals surface area contributed by atoms with E-state index in [2.05, 4.69) is 5.32 Å². The quantitative estimate of drug-likeness (QED) is 0.712. The van der Waals surface area contributed by atoms with E-state index in [1.165, 1.54) is 4.90 Å². The fraction of sp³-hybridized carbons (Fsp3) is 0.818. The Morgan fingerprint density at radius 3 is 2.00 bits per heavy atom. The topological polar surface area (TPSA) is 75.4 Å². The molecule has 2 atom stereocenters. The smallest absolute Gasteiger partial charge is 0.244 e. The number of rotatable bonds is 3. The van der Waals surface area contributed by atoms with E-state index in [4.69, 9.17) is 5.73 Å². The first kappa shape index (κ1) is 14.9. The lowest BCUT2D eigenvalue weighted by Gasteiger charge is -2.27. The van der Waals surface area contributed by atoms with Crippen molar-refractivity contribution in [3.8, 4) is 0 Å². The Balaban J connectivity index is 4.42. The number of carbonyl (C=O) groups is 2. The van der Waals surface area contributed by atoms with E-state index in [-0.39, 0.29) is 17.2 Å². The molecule has 0 fully saturated rings. The monoisotopic (exact) mass is 229 g/mol. The zero-order chi connectivity index (χ0) is 13.1. The molecule has 2 amide bonds. The van der Waals surface area contributed by atoms with Crippen LogP contribution in [0.15, 0.2) is 0 Å². The normalized spacial score (nSPS) is 15.2. The number of likely N-dealkylation sites (N-methyl/N-ethyl adjacent to an activating group) is 1. The lowest BCUT2D eigenvalue weighted by Crippen LogP contribution is -2.53. The van der Waals surface area contributed by atoms with Crippen molar-refractivity contribution in [3.63, 3.8) is 0 Å². The number of hydrogen-bond acceptors (Lipinski definition) is 3. The van der Waals surface area contributed by atoms with Gasteiger partial charge in [-0.05, 0) is 12.3 Å². The second-order valence-electron chi connectivity index (χ2n) is 5.31. The molecular formula is C11H23N3O2. The van der Waals surface area contributed by atoms with Gasteiger partial charge < -0.3 is 16.0 Å². The third kappa shape index (κ3) is 4.18. The van der Waals surface area contributed by atoms with Gasteiger partial charge in [0.25, 0.3) is 0 Å². The first-order valence-corrected chi connectivity index (χ1v) is 5.34. The predicted octanol–water partition coefficient (Wildman–Crippen LogP) is -0.0473. The van der Waals surface area contributed by atoms with Crippen LogP contribution in [0.2, 0.25) is 0 Å². The lowest BCUT2D eigenvalue weighted by molar-refractivity contribution is -0.135. The van der Waals surface area contributed by atoms with Crippen molar-refractivity contribution < 1.29 is 9.59 Å². The molecule has 0 aliphatic heterocycles. The van der Waals surface area contributed by atoms with Gasteiger partial charge in [0, 0.05) is 14.1 Å². The molecule has 5 nitrogen and oxygen atoms in total. The number of hydrogen-bond donors (Lipinski definition) is 2. The van der Waals surface area contributed by atoms with Gasteiger partial charge >= 0.3 is 0 Å². The highest BCUT2D eigenvalue weighted by Gasteiger charge is 2.29. The van der Waals surface area contributed by atoms with E-state index in [1.54, 1.807) is 21.0 Å². The molecule has 5 heteroatoms. The van der Waals surface area contributed by atoms with Crippen molar-refractivity contribution >= 4 is 11.8 Å². The van der Waals surface area contributed by atoms with Crippen molar-refractivity contribution in [2.45, 2.75) is 39.8 Å². The van der Waals surface area contributed by atoms with Gasteiger partial charge in [0.2, 0.25) is 11.8 Å². The Morgan fingerprint density at radius 1 is 1.25 bits per heavy atom. The highest BCUT2D eigenvalue weighted by atomic mass is 16.2. The Bertz CT molecular complexity index is 269. The highest BCUT2D eigenvalue weighted by Crippen LogP contribution is 2.17. The standard InChI is InChI=1S/C11H23N3O2/c1-7(10(16)14(5)6)13-9(15)8(12)11(2,3)4/h7-8H,12H2,1-6H3,(H,13,15). The van der Waals surface area contributed by atoms with Crippen LogP contribution in [0.25, 0.3) is 0 Å². The Morgan fingerprint density at radius 2 is 1.69 bits per heavy atom. The van der Waals surface area contributed by atoms with Crippen LogP contribution in [0.3, 0.4) is 0 Å². The zero-order valence-electron chi connectivity index (χ0n) is 11.0. The maximum Gasteiger partial charge on any atom is 0.244 e. The van der Waals surface area contributed by atoms with E-state index < -0.39 is 12.1 Å². The van der Waals surface area contributed by atoms with Gasteiger partial charge in [-0.3, -0.25) is 9.59 Å². The van der Waals surface area contributed by atoms with Crippen molar-refractivity contribution in [1.29, 1.82) is 0 Å². The summed E-state index contributed by atoms with van der Waals surface area (Å²) in [4.78, 5) is 24.7. The molecule has 0 rings (SSSR count). The number of carbonyl (C=O) groups excluding carboxylic acids is 2. The Hall–Kier alpha value is -1.10. The summed E-state index contributed by atoms with van der Waals surface area (Å²) >= 11 is 0. The van der Waals surface area contributed by atoms with Crippen LogP contribution in [0.5, 0.6) is 0 Å². The summed E-state index contributed by atoms with van der Waals surface area (Å²) in [6, 6.07) is -1.17. The second kappa shape index (κ2) is 5.30. The average molecular weight is 229 g/mol. The van der Waals surface area contributed by atoms with E-state index in [9.17, 15) is 9.59 Å². The molecule has 0 saturated carbocycles. The lowest BCUT2D eigenvalue weighted by atomic mass is 9.87. The minimum Gasteiger partial charge on any atom is -0.347 e. The molecule has 94 valence electrons. The van der Waals surface area contributed by atoms with Crippen LogP contribution in [0, 0.1) is 5.41 Å². The molecule has 0 bridgehead atoms. The third-order valence-electron chi connectivity index (χ3n) is 2.39. The number of amides is 2. The largest absolute Gasteiger partial charge is 0.347 e.